The van der Waals surface area contributed by atoms with Gasteiger partial charge in [-0.2, -0.15) is 0 Å². The highest BCUT2D eigenvalue weighted by Gasteiger charge is 2.22. The van der Waals surface area contributed by atoms with Crippen LogP contribution >= 0.6 is 11.8 Å². The van der Waals surface area contributed by atoms with Crippen molar-refractivity contribution in [1.29, 1.82) is 0 Å². The van der Waals surface area contributed by atoms with Gasteiger partial charge in [0.1, 0.15) is 17.6 Å². The molecular weight excluding hydrogens is 282 g/mol. The first kappa shape index (κ1) is 14.1. The Hall–Kier alpha value is -1.81. The Labute approximate surface area is 129 Å². The molecule has 2 N–H and O–H groups in total. The molecular formula is C17H19NO2S. The van der Waals surface area contributed by atoms with Crippen LogP contribution in [-0.2, 0) is 6.42 Å². The third-order valence-corrected chi connectivity index (χ3v) is 4.64. The monoisotopic (exact) mass is 301 g/mol. The van der Waals surface area contributed by atoms with Crippen molar-refractivity contribution in [1.82, 2.24) is 0 Å². The van der Waals surface area contributed by atoms with Crippen LogP contribution in [-0.4, -0.2) is 18.5 Å². The zero-order chi connectivity index (χ0) is 14.7. The van der Waals surface area contributed by atoms with E-state index in [1.165, 1.54) is 5.56 Å². The van der Waals surface area contributed by atoms with Gasteiger partial charge < -0.3 is 15.2 Å². The van der Waals surface area contributed by atoms with Crippen molar-refractivity contribution >= 4 is 17.4 Å². The predicted molar refractivity (Wildman–Crippen MR) is 87.3 cm³/mol. The number of rotatable bonds is 5. The summed E-state index contributed by atoms with van der Waals surface area (Å²) in [4.78, 5) is 1.06. The molecule has 3 rings (SSSR count). The van der Waals surface area contributed by atoms with Gasteiger partial charge in [-0.25, -0.2) is 0 Å². The number of ether oxygens (including phenoxy) is 2. The van der Waals surface area contributed by atoms with E-state index in [-0.39, 0.29) is 6.10 Å². The normalized spacial score (nSPS) is 16.3. The van der Waals surface area contributed by atoms with Crippen LogP contribution < -0.4 is 15.2 Å². The van der Waals surface area contributed by atoms with E-state index in [2.05, 4.69) is 12.1 Å². The molecule has 4 heteroatoms. The molecule has 0 bridgehead atoms. The number of anilines is 1. The summed E-state index contributed by atoms with van der Waals surface area (Å²) in [5.74, 6) is 2.76. The number of nitrogens with two attached hydrogens (primary N) is 1. The maximum atomic E-state index is 6.04. The summed E-state index contributed by atoms with van der Waals surface area (Å²) < 4.78 is 11.5. The van der Waals surface area contributed by atoms with Crippen molar-refractivity contribution in [2.45, 2.75) is 24.3 Å². The van der Waals surface area contributed by atoms with Gasteiger partial charge in [-0.05, 0) is 36.8 Å². The number of para-hydroxylation sites is 1. The molecule has 1 aliphatic rings. The Bertz CT molecular complexity index is 605. The first-order valence-electron chi connectivity index (χ1n) is 7.16. The molecule has 0 spiro atoms. The summed E-state index contributed by atoms with van der Waals surface area (Å²) in [5.41, 5.74) is 8.12. The zero-order valence-electron chi connectivity index (χ0n) is 12.0. The van der Waals surface area contributed by atoms with Gasteiger partial charge in [0.15, 0.2) is 0 Å². The standard InChI is InChI=1S/C17H19NO2S/c1-2-19-13-7-8-15(18)17(10-13)21-11-14-9-12-5-3-4-6-16(12)20-14/h3-8,10,14H,2,9,11,18H2,1H3. The Morgan fingerprint density at radius 3 is 2.95 bits per heavy atom. The zero-order valence-corrected chi connectivity index (χ0v) is 12.9. The van der Waals surface area contributed by atoms with E-state index in [1.54, 1.807) is 11.8 Å². The Balaban J connectivity index is 1.62. The number of benzene rings is 2. The average Bonchev–Trinajstić information content (AvgIpc) is 2.91. The summed E-state index contributed by atoms with van der Waals surface area (Å²) in [7, 11) is 0. The number of hydrogen-bond donors (Lipinski definition) is 1. The summed E-state index contributed by atoms with van der Waals surface area (Å²) in [6, 6.07) is 14.0. The number of hydrogen-bond acceptors (Lipinski definition) is 4. The van der Waals surface area contributed by atoms with Crippen molar-refractivity contribution in [3.8, 4) is 11.5 Å². The minimum atomic E-state index is 0.211. The lowest BCUT2D eigenvalue weighted by molar-refractivity contribution is 0.259. The summed E-state index contributed by atoms with van der Waals surface area (Å²) in [6.07, 6.45) is 1.18. The van der Waals surface area contributed by atoms with Gasteiger partial charge >= 0.3 is 0 Å². The van der Waals surface area contributed by atoms with Crippen molar-refractivity contribution in [3.05, 3.63) is 48.0 Å². The van der Waals surface area contributed by atoms with Crippen molar-refractivity contribution in [2.75, 3.05) is 18.1 Å². The van der Waals surface area contributed by atoms with E-state index in [1.807, 2.05) is 37.3 Å². The molecule has 1 unspecified atom stereocenters. The lowest BCUT2D eigenvalue weighted by Gasteiger charge is -2.12. The van der Waals surface area contributed by atoms with Crippen molar-refractivity contribution < 1.29 is 9.47 Å². The van der Waals surface area contributed by atoms with Crippen molar-refractivity contribution in [2.24, 2.45) is 0 Å². The van der Waals surface area contributed by atoms with E-state index < -0.39 is 0 Å². The molecule has 0 radical (unpaired) electrons. The van der Waals surface area contributed by atoms with Crippen LogP contribution in [0.1, 0.15) is 12.5 Å². The molecule has 0 amide bonds. The lowest BCUT2D eigenvalue weighted by Crippen LogP contribution is -2.15. The first-order chi connectivity index (χ1) is 10.3. The molecule has 0 aromatic heterocycles. The van der Waals surface area contributed by atoms with E-state index in [0.717, 1.165) is 34.3 Å². The van der Waals surface area contributed by atoms with Gasteiger partial charge in [0, 0.05) is 22.8 Å². The van der Waals surface area contributed by atoms with Crippen LogP contribution in [0.4, 0.5) is 5.69 Å². The molecule has 110 valence electrons. The van der Waals surface area contributed by atoms with Gasteiger partial charge in [-0.1, -0.05) is 18.2 Å². The number of fused-ring (bicyclic) bond motifs is 1. The highest BCUT2D eigenvalue weighted by Crippen LogP contribution is 2.34. The number of nitrogen functional groups attached to an aromatic ring is 1. The molecule has 1 atom stereocenters. The third kappa shape index (κ3) is 3.27. The van der Waals surface area contributed by atoms with Crippen LogP contribution in [0.3, 0.4) is 0 Å². The van der Waals surface area contributed by atoms with Crippen molar-refractivity contribution in [3.63, 3.8) is 0 Å². The molecule has 2 aromatic carbocycles. The Morgan fingerprint density at radius 2 is 2.14 bits per heavy atom. The lowest BCUT2D eigenvalue weighted by atomic mass is 10.1. The molecule has 3 nitrogen and oxygen atoms in total. The molecule has 0 aliphatic carbocycles. The molecule has 0 saturated heterocycles. The second-order valence-corrected chi connectivity index (χ2v) is 6.06. The van der Waals surface area contributed by atoms with Crippen LogP contribution in [0.15, 0.2) is 47.4 Å². The highest BCUT2D eigenvalue weighted by atomic mass is 32.2. The minimum absolute atomic E-state index is 0.211. The average molecular weight is 301 g/mol. The van der Waals surface area contributed by atoms with Gasteiger partial charge in [-0.15, -0.1) is 11.8 Å². The largest absolute Gasteiger partial charge is 0.494 e. The molecule has 1 aliphatic heterocycles. The maximum Gasteiger partial charge on any atom is 0.123 e. The van der Waals surface area contributed by atoms with Gasteiger partial charge in [0.25, 0.3) is 0 Å². The SMILES string of the molecule is CCOc1ccc(N)c(SCC2Cc3ccccc3O2)c1. The van der Waals surface area contributed by atoms with Gasteiger partial charge in [0.2, 0.25) is 0 Å². The molecule has 0 saturated carbocycles. The second kappa shape index (κ2) is 6.31. The summed E-state index contributed by atoms with van der Waals surface area (Å²) in [6.45, 7) is 2.64. The fourth-order valence-electron chi connectivity index (χ4n) is 2.43. The van der Waals surface area contributed by atoms with E-state index >= 15 is 0 Å². The highest BCUT2D eigenvalue weighted by molar-refractivity contribution is 7.99. The fourth-order valence-corrected chi connectivity index (χ4v) is 3.41. The van der Waals surface area contributed by atoms with Crippen LogP contribution in [0.5, 0.6) is 11.5 Å². The Kier molecular flexibility index (Phi) is 4.25. The quantitative estimate of drug-likeness (QED) is 0.674. The smallest absolute Gasteiger partial charge is 0.123 e. The summed E-state index contributed by atoms with van der Waals surface area (Å²) >= 11 is 1.72. The van der Waals surface area contributed by atoms with Crippen LogP contribution in [0.2, 0.25) is 0 Å². The van der Waals surface area contributed by atoms with E-state index in [4.69, 9.17) is 15.2 Å². The van der Waals surface area contributed by atoms with Crippen LogP contribution in [0, 0.1) is 0 Å². The number of thioether (sulfide) groups is 1. The van der Waals surface area contributed by atoms with Gasteiger partial charge in [-0.3, -0.25) is 0 Å². The molecule has 0 fully saturated rings. The summed E-state index contributed by atoms with van der Waals surface area (Å²) in [5, 5.41) is 0. The maximum absolute atomic E-state index is 6.04. The van der Waals surface area contributed by atoms with Gasteiger partial charge in [0.05, 0.1) is 6.61 Å². The first-order valence-corrected chi connectivity index (χ1v) is 8.14. The van der Waals surface area contributed by atoms with E-state index in [0.29, 0.717) is 6.61 Å². The van der Waals surface area contributed by atoms with E-state index in [9.17, 15) is 0 Å². The minimum Gasteiger partial charge on any atom is -0.494 e. The third-order valence-electron chi connectivity index (χ3n) is 3.43. The molecule has 2 aromatic rings. The predicted octanol–water partition coefficient (Wildman–Crippen LogP) is 3.76. The Morgan fingerprint density at radius 1 is 1.29 bits per heavy atom. The topological polar surface area (TPSA) is 44.5 Å². The molecule has 1 heterocycles. The second-order valence-electron chi connectivity index (χ2n) is 5.00. The fraction of sp³-hybridized carbons (Fsp3) is 0.294. The van der Waals surface area contributed by atoms with Crippen LogP contribution in [0.25, 0.3) is 0 Å². The molecule has 21 heavy (non-hydrogen) atoms.